The molecule has 0 unspecified atom stereocenters. The lowest BCUT2D eigenvalue weighted by Crippen LogP contribution is -2.48. The molecular weight excluding hydrogens is 140 g/mol. The number of nitrogens with zero attached hydrogens (tertiary/aromatic N) is 1. The zero-order valence-corrected chi connectivity index (χ0v) is 7.01. The molecule has 0 spiro atoms. The van der Waals surface area contributed by atoms with Crippen LogP contribution in [-0.2, 0) is 0 Å². The van der Waals surface area contributed by atoms with Crippen molar-refractivity contribution in [2.24, 2.45) is 10.9 Å². The van der Waals surface area contributed by atoms with Gasteiger partial charge < -0.3 is 10.9 Å². The molecule has 0 saturated heterocycles. The lowest BCUT2D eigenvalue weighted by Gasteiger charge is -2.32. The fraction of sp³-hybridized carbons (Fsp3) is 0.875. The zero-order chi connectivity index (χ0) is 8.32. The van der Waals surface area contributed by atoms with Crippen LogP contribution in [0.3, 0.4) is 0 Å². The second-order valence-electron chi connectivity index (χ2n) is 3.40. The molecule has 11 heavy (non-hydrogen) atoms. The molecule has 0 atom stereocenters. The van der Waals surface area contributed by atoms with E-state index < -0.39 is 0 Å². The van der Waals surface area contributed by atoms with Gasteiger partial charge in [0.05, 0.1) is 11.3 Å². The van der Waals surface area contributed by atoms with Gasteiger partial charge in [-0.1, -0.05) is 24.4 Å². The molecule has 3 N–H and O–H groups in total. The molecule has 0 aromatic carbocycles. The summed E-state index contributed by atoms with van der Waals surface area (Å²) in [5.74, 6) is 0. The van der Waals surface area contributed by atoms with Crippen LogP contribution in [0.25, 0.3) is 0 Å². The van der Waals surface area contributed by atoms with Gasteiger partial charge in [0.1, 0.15) is 0 Å². The Morgan fingerprint density at radius 3 is 2.36 bits per heavy atom. The van der Waals surface area contributed by atoms with E-state index in [9.17, 15) is 0 Å². The van der Waals surface area contributed by atoms with Crippen LogP contribution in [0.4, 0.5) is 0 Å². The van der Waals surface area contributed by atoms with E-state index in [0.717, 1.165) is 25.7 Å². The largest absolute Gasteiger partial charge is 0.411 e. The lowest BCUT2D eigenvalue weighted by molar-refractivity contribution is 0.301. The van der Waals surface area contributed by atoms with E-state index in [1.54, 1.807) is 6.92 Å². The Bertz CT molecular complexity index is 159. The van der Waals surface area contributed by atoms with Gasteiger partial charge in [-0.3, -0.25) is 0 Å². The molecule has 64 valence electrons. The molecule has 0 aromatic rings. The van der Waals surface area contributed by atoms with Crippen molar-refractivity contribution in [1.29, 1.82) is 0 Å². The first kappa shape index (κ1) is 8.53. The molecule has 3 heteroatoms. The third kappa shape index (κ3) is 1.71. The van der Waals surface area contributed by atoms with E-state index in [-0.39, 0.29) is 5.54 Å². The Morgan fingerprint density at radius 1 is 1.36 bits per heavy atom. The summed E-state index contributed by atoms with van der Waals surface area (Å²) >= 11 is 0. The molecule has 0 radical (unpaired) electrons. The summed E-state index contributed by atoms with van der Waals surface area (Å²) in [5, 5.41) is 11.7. The van der Waals surface area contributed by atoms with Gasteiger partial charge in [0.2, 0.25) is 0 Å². The van der Waals surface area contributed by atoms with E-state index in [2.05, 4.69) is 5.16 Å². The van der Waals surface area contributed by atoms with E-state index in [4.69, 9.17) is 10.9 Å². The summed E-state index contributed by atoms with van der Waals surface area (Å²) in [6, 6.07) is 0. The SMILES string of the molecule is CC(=NO)C1(N)CCCCC1. The lowest BCUT2D eigenvalue weighted by atomic mass is 9.79. The summed E-state index contributed by atoms with van der Waals surface area (Å²) in [6.45, 7) is 1.80. The highest BCUT2D eigenvalue weighted by molar-refractivity contribution is 5.90. The van der Waals surface area contributed by atoms with Gasteiger partial charge in [0.15, 0.2) is 0 Å². The number of hydrogen-bond acceptors (Lipinski definition) is 3. The van der Waals surface area contributed by atoms with Crippen molar-refractivity contribution >= 4 is 5.71 Å². The average molecular weight is 156 g/mol. The predicted octanol–water partition coefficient (Wildman–Crippen LogP) is 1.50. The van der Waals surface area contributed by atoms with Crippen molar-refractivity contribution in [3.05, 3.63) is 0 Å². The predicted molar refractivity (Wildman–Crippen MR) is 44.9 cm³/mol. The first-order chi connectivity index (χ1) is 5.19. The first-order valence-electron chi connectivity index (χ1n) is 4.17. The third-order valence-corrected chi connectivity index (χ3v) is 2.62. The molecule has 1 fully saturated rings. The average Bonchev–Trinajstić information content (AvgIpc) is 2.04. The van der Waals surface area contributed by atoms with Crippen LogP contribution in [0.15, 0.2) is 5.16 Å². The van der Waals surface area contributed by atoms with E-state index in [1.165, 1.54) is 6.42 Å². The smallest absolute Gasteiger partial charge is 0.0738 e. The van der Waals surface area contributed by atoms with Gasteiger partial charge in [-0.05, 0) is 19.8 Å². The van der Waals surface area contributed by atoms with Crippen molar-refractivity contribution in [1.82, 2.24) is 0 Å². The van der Waals surface area contributed by atoms with Gasteiger partial charge in [-0.25, -0.2) is 0 Å². The standard InChI is InChI=1S/C8H16N2O/c1-7(10-11)8(9)5-3-2-4-6-8/h11H,2-6,9H2,1H3. The highest BCUT2D eigenvalue weighted by atomic mass is 16.4. The molecule has 0 aromatic heterocycles. The van der Waals surface area contributed by atoms with Crippen LogP contribution in [-0.4, -0.2) is 16.5 Å². The monoisotopic (exact) mass is 156 g/mol. The Kier molecular flexibility index (Phi) is 2.49. The quantitative estimate of drug-likeness (QED) is 0.343. The van der Waals surface area contributed by atoms with Crippen LogP contribution in [0.5, 0.6) is 0 Å². The number of oxime groups is 1. The third-order valence-electron chi connectivity index (χ3n) is 2.62. The van der Waals surface area contributed by atoms with Crippen LogP contribution in [0.2, 0.25) is 0 Å². The van der Waals surface area contributed by atoms with Gasteiger partial charge >= 0.3 is 0 Å². The van der Waals surface area contributed by atoms with Gasteiger partial charge in [0, 0.05) is 0 Å². The minimum atomic E-state index is -0.312. The normalized spacial score (nSPS) is 25.1. The summed E-state index contributed by atoms with van der Waals surface area (Å²) in [4.78, 5) is 0. The molecule has 3 nitrogen and oxygen atoms in total. The molecular formula is C8H16N2O. The Hall–Kier alpha value is -0.570. The molecule has 0 amide bonds. The molecule has 1 rings (SSSR count). The van der Waals surface area contributed by atoms with E-state index in [0.29, 0.717) is 5.71 Å². The minimum absolute atomic E-state index is 0.312. The summed E-state index contributed by atoms with van der Waals surface area (Å²) in [6.07, 6.45) is 5.50. The Balaban J connectivity index is 2.64. The molecule has 1 saturated carbocycles. The maximum absolute atomic E-state index is 8.56. The van der Waals surface area contributed by atoms with Gasteiger partial charge in [0.25, 0.3) is 0 Å². The number of hydrogen-bond donors (Lipinski definition) is 2. The van der Waals surface area contributed by atoms with Crippen LogP contribution < -0.4 is 5.73 Å². The Labute approximate surface area is 67.3 Å². The van der Waals surface area contributed by atoms with Crippen LogP contribution in [0, 0.1) is 0 Å². The fourth-order valence-corrected chi connectivity index (χ4v) is 1.64. The molecule has 0 heterocycles. The summed E-state index contributed by atoms with van der Waals surface area (Å²) in [5.41, 5.74) is 6.39. The first-order valence-corrected chi connectivity index (χ1v) is 4.17. The fourth-order valence-electron chi connectivity index (χ4n) is 1.64. The van der Waals surface area contributed by atoms with E-state index in [1.807, 2.05) is 0 Å². The highest BCUT2D eigenvalue weighted by Crippen LogP contribution is 2.26. The number of rotatable bonds is 1. The molecule has 0 bridgehead atoms. The summed E-state index contributed by atoms with van der Waals surface area (Å²) < 4.78 is 0. The van der Waals surface area contributed by atoms with Crippen molar-refractivity contribution in [2.75, 3.05) is 0 Å². The second kappa shape index (κ2) is 3.22. The van der Waals surface area contributed by atoms with Gasteiger partial charge in [-0.15, -0.1) is 0 Å². The van der Waals surface area contributed by atoms with Crippen LogP contribution >= 0.6 is 0 Å². The molecule has 1 aliphatic rings. The van der Waals surface area contributed by atoms with Crippen molar-refractivity contribution in [3.8, 4) is 0 Å². The highest BCUT2D eigenvalue weighted by Gasteiger charge is 2.30. The minimum Gasteiger partial charge on any atom is -0.411 e. The summed E-state index contributed by atoms with van der Waals surface area (Å²) in [7, 11) is 0. The second-order valence-corrected chi connectivity index (χ2v) is 3.40. The zero-order valence-electron chi connectivity index (χ0n) is 7.01. The van der Waals surface area contributed by atoms with Gasteiger partial charge in [-0.2, -0.15) is 0 Å². The van der Waals surface area contributed by atoms with Crippen molar-refractivity contribution < 1.29 is 5.21 Å². The molecule has 0 aliphatic heterocycles. The topological polar surface area (TPSA) is 58.6 Å². The number of nitrogens with two attached hydrogens (primary N) is 1. The maximum Gasteiger partial charge on any atom is 0.0738 e. The van der Waals surface area contributed by atoms with E-state index >= 15 is 0 Å². The van der Waals surface area contributed by atoms with Crippen molar-refractivity contribution in [3.63, 3.8) is 0 Å². The van der Waals surface area contributed by atoms with Crippen LogP contribution in [0.1, 0.15) is 39.0 Å². The molecule has 1 aliphatic carbocycles. The Morgan fingerprint density at radius 2 is 1.91 bits per heavy atom. The maximum atomic E-state index is 8.56. The van der Waals surface area contributed by atoms with Crippen molar-refractivity contribution in [2.45, 2.75) is 44.6 Å².